The van der Waals surface area contributed by atoms with Crippen LogP contribution in [0.15, 0.2) is 36.5 Å². The van der Waals surface area contributed by atoms with Gasteiger partial charge in [-0.3, -0.25) is 9.78 Å². The number of hydrogen-bond donors (Lipinski definition) is 3. The molecule has 1 fully saturated rings. The van der Waals surface area contributed by atoms with E-state index >= 15 is 0 Å². The molecule has 3 aromatic rings. The van der Waals surface area contributed by atoms with E-state index in [2.05, 4.69) is 33.9 Å². The Hall–Kier alpha value is -3.58. The van der Waals surface area contributed by atoms with E-state index < -0.39 is 0 Å². The van der Waals surface area contributed by atoms with Gasteiger partial charge in [0.25, 0.3) is 0 Å². The number of fused-ring (bicyclic) bond motifs is 1. The maximum Gasteiger partial charge on any atom is 0.224 e. The topological polar surface area (TPSA) is 112 Å². The van der Waals surface area contributed by atoms with Crippen LogP contribution in [0.3, 0.4) is 0 Å². The van der Waals surface area contributed by atoms with E-state index in [1.54, 1.807) is 18.2 Å². The van der Waals surface area contributed by atoms with Gasteiger partial charge >= 0.3 is 0 Å². The third-order valence-electron chi connectivity index (χ3n) is 7.02. The summed E-state index contributed by atoms with van der Waals surface area (Å²) in [5.41, 5.74) is 2.77. The molecule has 0 bridgehead atoms. The van der Waals surface area contributed by atoms with Gasteiger partial charge in [0.2, 0.25) is 5.91 Å². The fourth-order valence-corrected chi connectivity index (χ4v) is 5.22. The van der Waals surface area contributed by atoms with Gasteiger partial charge in [-0.1, -0.05) is 18.0 Å². The van der Waals surface area contributed by atoms with E-state index in [-0.39, 0.29) is 5.91 Å². The van der Waals surface area contributed by atoms with Gasteiger partial charge in [-0.2, -0.15) is 5.26 Å². The van der Waals surface area contributed by atoms with Crippen LogP contribution in [0.25, 0.3) is 10.9 Å². The summed E-state index contributed by atoms with van der Waals surface area (Å²) in [4.78, 5) is 19.2. The van der Waals surface area contributed by atoms with Crippen LogP contribution in [-0.2, 0) is 4.79 Å². The number of anilines is 3. The number of nitriles is 1. The Morgan fingerprint density at radius 3 is 2.76 bits per heavy atom. The molecule has 2 heterocycles. The number of hydrogen-bond acceptors (Lipinski definition) is 8. The van der Waals surface area contributed by atoms with Gasteiger partial charge in [-0.15, -0.1) is 0 Å². The van der Waals surface area contributed by atoms with Crippen LogP contribution in [0.1, 0.15) is 51.5 Å². The summed E-state index contributed by atoms with van der Waals surface area (Å²) in [5, 5.41) is 20.9. The molecule has 218 valence electrons. The summed E-state index contributed by atoms with van der Waals surface area (Å²) >= 11 is 6.60. The van der Waals surface area contributed by atoms with Gasteiger partial charge in [0.05, 0.1) is 34.1 Å². The number of ether oxygens (including phenoxy) is 2. The number of piperidine rings is 1. The van der Waals surface area contributed by atoms with Gasteiger partial charge in [0, 0.05) is 41.8 Å². The van der Waals surface area contributed by atoms with Crippen LogP contribution < -0.4 is 25.4 Å². The maximum atomic E-state index is 12.7. The molecule has 2 aromatic carbocycles. The smallest absolute Gasteiger partial charge is 0.224 e. The first-order chi connectivity index (χ1) is 19.8. The molecule has 10 heteroatoms. The zero-order chi connectivity index (χ0) is 29.4. The Bertz CT molecular complexity index is 1410. The van der Waals surface area contributed by atoms with E-state index in [1.165, 1.54) is 19.0 Å². The van der Waals surface area contributed by atoms with Crippen molar-refractivity contribution in [2.24, 2.45) is 0 Å². The number of carbonyl (C=O) groups is 1. The Morgan fingerprint density at radius 1 is 1.22 bits per heavy atom. The molecule has 2 unspecified atom stereocenters. The number of pyridine rings is 1. The molecular weight excluding hydrogens is 540 g/mol. The predicted octanol–water partition coefficient (Wildman–Crippen LogP) is 6.09. The summed E-state index contributed by atoms with van der Waals surface area (Å²) in [5.74, 6) is 1.03. The molecular formula is C31H39ClN6O3. The van der Waals surface area contributed by atoms with E-state index in [0.29, 0.717) is 81.8 Å². The monoisotopic (exact) mass is 578 g/mol. The van der Waals surface area contributed by atoms with Crippen LogP contribution in [-0.4, -0.2) is 61.7 Å². The number of nitrogens with one attached hydrogen (secondary N) is 3. The molecule has 1 aliphatic rings. The first kappa shape index (κ1) is 30.4. The number of halogens is 1. The SMILES string of the molecule is CCOc1cc2ncc(C#N)c(Nc3ccc(OCC4CCCC(C)N4)c(Cl)c3)c2cc1NC(=O)CCCN(C)C. The number of aromatic nitrogens is 1. The molecule has 0 aliphatic carbocycles. The van der Waals surface area contributed by atoms with Crippen molar-refractivity contribution < 1.29 is 14.3 Å². The molecule has 1 saturated heterocycles. The van der Waals surface area contributed by atoms with Crippen molar-refractivity contribution in [1.82, 2.24) is 15.2 Å². The van der Waals surface area contributed by atoms with Crippen molar-refractivity contribution in [2.45, 2.75) is 58.0 Å². The average molecular weight is 579 g/mol. The summed E-state index contributed by atoms with van der Waals surface area (Å²) < 4.78 is 11.9. The highest BCUT2D eigenvalue weighted by atomic mass is 35.5. The van der Waals surface area contributed by atoms with Crippen LogP contribution in [0, 0.1) is 11.3 Å². The van der Waals surface area contributed by atoms with Crippen LogP contribution in [0.4, 0.5) is 17.1 Å². The van der Waals surface area contributed by atoms with Crippen molar-refractivity contribution in [3.63, 3.8) is 0 Å². The van der Waals surface area contributed by atoms with E-state index in [1.807, 2.05) is 38.1 Å². The van der Waals surface area contributed by atoms with Crippen molar-refractivity contribution in [3.05, 3.63) is 47.1 Å². The average Bonchev–Trinajstić information content (AvgIpc) is 2.93. The normalized spacial score (nSPS) is 16.8. The lowest BCUT2D eigenvalue weighted by molar-refractivity contribution is -0.116. The van der Waals surface area contributed by atoms with Gasteiger partial charge < -0.3 is 30.3 Å². The van der Waals surface area contributed by atoms with Crippen LogP contribution in [0.5, 0.6) is 11.5 Å². The van der Waals surface area contributed by atoms with E-state index in [0.717, 1.165) is 19.4 Å². The minimum atomic E-state index is -0.105. The van der Waals surface area contributed by atoms with Gasteiger partial charge in [-0.25, -0.2) is 0 Å². The lowest BCUT2D eigenvalue weighted by atomic mass is 10.0. The second-order valence-corrected chi connectivity index (χ2v) is 11.1. The highest BCUT2D eigenvalue weighted by Gasteiger charge is 2.19. The maximum absolute atomic E-state index is 12.7. The summed E-state index contributed by atoms with van der Waals surface area (Å²) in [6, 6.07) is 12.1. The third kappa shape index (κ3) is 8.23. The molecule has 41 heavy (non-hydrogen) atoms. The van der Waals surface area contributed by atoms with Gasteiger partial charge in [0.1, 0.15) is 24.2 Å². The lowest BCUT2D eigenvalue weighted by Gasteiger charge is -2.28. The second kappa shape index (κ2) is 14.4. The van der Waals surface area contributed by atoms with E-state index in [9.17, 15) is 10.1 Å². The Kier molecular flexibility index (Phi) is 10.6. The molecule has 4 rings (SSSR count). The number of benzene rings is 2. The lowest BCUT2D eigenvalue weighted by Crippen LogP contribution is -2.43. The van der Waals surface area contributed by atoms with Crippen LogP contribution in [0.2, 0.25) is 5.02 Å². The van der Waals surface area contributed by atoms with Gasteiger partial charge in [0.15, 0.2) is 0 Å². The first-order valence-corrected chi connectivity index (χ1v) is 14.5. The Labute approximate surface area is 247 Å². The van der Waals surface area contributed by atoms with Crippen molar-refractivity contribution >= 4 is 45.5 Å². The largest absolute Gasteiger partial charge is 0.492 e. The molecule has 0 spiro atoms. The zero-order valence-corrected chi connectivity index (χ0v) is 25.0. The number of rotatable bonds is 12. The fourth-order valence-electron chi connectivity index (χ4n) is 4.98. The van der Waals surface area contributed by atoms with E-state index in [4.69, 9.17) is 21.1 Å². The molecule has 0 saturated carbocycles. The molecule has 3 N–H and O–H groups in total. The highest BCUT2D eigenvalue weighted by Crippen LogP contribution is 2.37. The minimum Gasteiger partial charge on any atom is -0.492 e. The quantitative estimate of drug-likeness (QED) is 0.237. The van der Waals surface area contributed by atoms with Crippen molar-refractivity contribution in [2.75, 3.05) is 44.5 Å². The molecule has 2 atom stereocenters. The number of amides is 1. The number of carbonyl (C=O) groups excluding carboxylic acids is 1. The van der Waals surface area contributed by atoms with Crippen LogP contribution >= 0.6 is 11.6 Å². The third-order valence-corrected chi connectivity index (χ3v) is 7.32. The second-order valence-electron chi connectivity index (χ2n) is 10.7. The van der Waals surface area contributed by atoms with Crippen molar-refractivity contribution in [3.8, 4) is 17.6 Å². The highest BCUT2D eigenvalue weighted by molar-refractivity contribution is 6.32. The Balaban J connectivity index is 1.58. The minimum absolute atomic E-state index is 0.105. The molecule has 9 nitrogen and oxygen atoms in total. The summed E-state index contributed by atoms with van der Waals surface area (Å²) in [7, 11) is 3.96. The van der Waals surface area contributed by atoms with Gasteiger partial charge in [-0.05, 0) is 78.0 Å². The summed E-state index contributed by atoms with van der Waals surface area (Å²) in [6.07, 6.45) is 6.10. The van der Waals surface area contributed by atoms with Crippen molar-refractivity contribution in [1.29, 1.82) is 5.26 Å². The standard InChI is InChI=1S/C31H39ClN6O3/c1-5-40-29-16-26-24(15-27(29)37-30(39)10-7-13-38(3)4)31(21(17-33)18-34-26)36-22-11-12-28(25(32)14-22)41-19-23-9-6-8-20(2)35-23/h11-12,14-16,18,20,23,35H,5-10,13,19H2,1-4H3,(H,34,36)(H,37,39). The number of nitrogens with zero attached hydrogens (tertiary/aromatic N) is 3. The predicted molar refractivity (Wildman–Crippen MR) is 165 cm³/mol. The zero-order valence-electron chi connectivity index (χ0n) is 24.2. The molecule has 1 aromatic heterocycles. The molecule has 1 aliphatic heterocycles. The fraction of sp³-hybridized carbons (Fsp3) is 0.452. The molecule has 0 radical (unpaired) electrons. The Morgan fingerprint density at radius 2 is 2.05 bits per heavy atom. The summed E-state index contributed by atoms with van der Waals surface area (Å²) in [6.45, 7) is 5.87. The first-order valence-electron chi connectivity index (χ1n) is 14.2. The molecule has 1 amide bonds.